The zero-order valence-electron chi connectivity index (χ0n) is 14.4. The van der Waals surface area contributed by atoms with Crippen molar-refractivity contribution in [3.8, 4) is 11.5 Å². The molecule has 1 aromatic carbocycles. The van der Waals surface area contributed by atoms with E-state index in [1.807, 2.05) is 18.2 Å². The first kappa shape index (κ1) is 17.4. The first-order chi connectivity index (χ1) is 11.2. The van der Waals surface area contributed by atoms with Gasteiger partial charge in [-0.1, -0.05) is 32.3 Å². The van der Waals surface area contributed by atoms with E-state index in [1.165, 1.54) is 19.3 Å². The molecule has 0 aromatic heterocycles. The van der Waals surface area contributed by atoms with E-state index in [1.54, 1.807) is 14.2 Å². The maximum absolute atomic E-state index is 12.3. The first-order valence-corrected chi connectivity index (χ1v) is 8.46. The Morgan fingerprint density at radius 1 is 1.17 bits per heavy atom. The van der Waals surface area contributed by atoms with Gasteiger partial charge in [-0.3, -0.25) is 0 Å². The number of rotatable bonds is 6. The SMILES string of the molecule is CC[C@@H](NC(=O)NC1CCCCC1)c1ccc(OC)c(OC)c1. The number of ether oxygens (including phenoxy) is 2. The maximum atomic E-state index is 12.3. The van der Waals surface area contributed by atoms with E-state index >= 15 is 0 Å². The molecule has 5 heteroatoms. The molecule has 0 unspecified atom stereocenters. The van der Waals surface area contributed by atoms with Crippen LogP contribution in [0.4, 0.5) is 4.79 Å². The van der Waals surface area contributed by atoms with Crippen molar-refractivity contribution in [3.63, 3.8) is 0 Å². The van der Waals surface area contributed by atoms with E-state index in [0.29, 0.717) is 17.5 Å². The van der Waals surface area contributed by atoms with Crippen LogP contribution >= 0.6 is 0 Å². The Morgan fingerprint density at radius 2 is 1.87 bits per heavy atom. The highest BCUT2D eigenvalue weighted by Gasteiger charge is 2.19. The molecule has 1 saturated carbocycles. The van der Waals surface area contributed by atoms with Crippen LogP contribution < -0.4 is 20.1 Å². The molecule has 0 aliphatic heterocycles. The molecule has 5 nitrogen and oxygen atoms in total. The average molecular weight is 320 g/mol. The largest absolute Gasteiger partial charge is 0.493 e. The molecule has 2 rings (SSSR count). The average Bonchev–Trinajstić information content (AvgIpc) is 2.60. The molecule has 2 N–H and O–H groups in total. The van der Waals surface area contributed by atoms with Crippen LogP contribution in [0, 0.1) is 0 Å². The predicted octanol–water partition coefficient (Wildman–Crippen LogP) is 3.79. The molecule has 2 amide bonds. The van der Waals surface area contributed by atoms with Gasteiger partial charge in [0.15, 0.2) is 11.5 Å². The van der Waals surface area contributed by atoms with Gasteiger partial charge >= 0.3 is 6.03 Å². The van der Waals surface area contributed by atoms with Crippen molar-refractivity contribution >= 4 is 6.03 Å². The highest BCUT2D eigenvalue weighted by Crippen LogP contribution is 2.30. The number of benzene rings is 1. The van der Waals surface area contributed by atoms with E-state index in [2.05, 4.69) is 17.6 Å². The van der Waals surface area contributed by atoms with Gasteiger partial charge in [-0.2, -0.15) is 0 Å². The standard InChI is InChI=1S/C18H28N2O3/c1-4-15(13-10-11-16(22-2)17(12-13)23-3)20-18(21)19-14-8-6-5-7-9-14/h10-12,14-15H,4-9H2,1-3H3,(H2,19,20,21)/t15-/m1/s1. The smallest absolute Gasteiger partial charge is 0.315 e. The van der Waals surface area contributed by atoms with E-state index in [-0.39, 0.29) is 12.1 Å². The summed E-state index contributed by atoms with van der Waals surface area (Å²) >= 11 is 0. The number of hydrogen-bond donors (Lipinski definition) is 2. The third-order valence-electron chi connectivity index (χ3n) is 4.46. The van der Waals surface area contributed by atoms with Gasteiger partial charge in [-0.15, -0.1) is 0 Å². The van der Waals surface area contributed by atoms with Gasteiger partial charge in [0.25, 0.3) is 0 Å². The van der Waals surface area contributed by atoms with Gasteiger partial charge in [-0.05, 0) is 37.0 Å². The Bertz CT molecular complexity index is 513. The summed E-state index contributed by atoms with van der Waals surface area (Å²) < 4.78 is 10.6. The zero-order chi connectivity index (χ0) is 16.7. The molecule has 0 bridgehead atoms. The predicted molar refractivity (Wildman–Crippen MR) is 91.1 cm³/mol. The fourth-order valence-corrected chi connectivity index (χ4v) is 3.12. The van der Waals surface area contributed by atoms with Gasteiger partial charge in [0.05, 0.1) is 20.3 Å². The lowest BCUT2D eigenvalue weighted by molar-refractivity contribution is 0.228. The second-order valence-corrected chi connectivity index (χ2v) is 6.03. The molecule has 1 aromatic rings. The van der Waals surface area contributed by atoms with E-state index < -0.39 is 0 Å². The van der Waals surface area contributed by atoms with Crippen LogP contribution in [0.15, 0.2) is 18.2 Å². The van der Waals surface area contributed by atoms with Crippen LogP contribution in [0.1, 0.15) is 57.1 Å². The molecule has 0 radical (unpaired) electrons. The second kappa shape index (κ2) is 8.65. The number of carbonyl (C=O) groups is 1. The molecule has 1 fully saturated rings. The molecular formula is C18H28N2O3. The summed E-state index contributed by atoms with van der Waals surface area (Å²) in [6, 6.07) is 5.95. The summed E-state index contributed by atoms with van der Waals surface area (Å²) in [6.07, 6.45) is 6.67. The van der Waals surface area contributed by atoms with E-state index in [4.69, 9.17) is 9.47 Å². The van der Waals surface area contributed by atoms with Gasteiger partial charge in [-0.25, -0.2) is 4.79 Å². The summed E-state index contributed by atoms with van der Waals surface area (Å²) in [7, 11) is 3.23. The summed E-state index contributed by atoms with van der Waals surface area (Å²) in [5.41, 5.74) is 1.02. The highest BCUT2D eigenvalue weighted by atomic mass is 16.5. The fraction of sp³-hybridized carbons (Fsp3) is 0.611. The van der Waals surface area contributed by atoms with Gasteiger partial charge < -0.3 is 20.1 Å². The van der Waals surface area contributed by atoms with Gasteiger partial charge in [0.2, 0.25) is 0 Å². The van der Waals surface area contributed by atoms with Crippen LogP contribution in [-0.2, 0) is 0 Å². The van der Waals surface area contributed by atoms with Crippen molar-refractivity contribution in [2.75, 3.05) is 14.2 Å². The lowest BCUT2D eigenvalue weighted by atomic mass is 9.96. The molecule has 0 spiro atoms. The van der Waals surface area contributed by atoms with E-state index in [9.17, 15) is 4.79 Å². The number of amides is 2. The van der Waals surface area contributed by atoms with Crippen molar-refractivity contribution in [2.45, 2.75) is 57.5 Å². The van der Waals surface area contributed by atoms with Crippen LogP contribution in [-0.4, -0.2) is 26.3 Å². The number of hydrogen-bond acceptors (Lipinski definition) is 3. The molecule has 1 aliphatic carbocycles. The minimum absolute atomic E-state index is 0.0432. The number of carbonyl (C=O) groups excluding carboxylic acids is 1. The third kappa shape index (κ3) is 4.78. The monoisotopic (exact) mass is 320 g/mol. The minimum Gasteiger partial charge on any atom is -0.493 e. The lowest BCUT2D eigenvalue weighted by Gasteiger charge is -2.25. The van der Waals surface area contributed by atoms with E-state index in [0.717, 1.165) is 24.8 Å². The van der Waals surface area contributed by atoms with Crippen LogP contribution in [0.2, 0.25) is 0 Å². The molecule has 1 aliphatic rings. The topological polar surface area (TPSA) is 59.6 Å². The molecular weight excluding hydrogens is 292 g/mol. The third-order valence-corrected chi connectivity index (χ3v) is 4.46. The molecule has 128 valence electrons. The molecule has 1 atom stereocenters. The fourth-order valence-electron chi connectivity index (χ4n) is 3.12. The van der Waals surface area contributed by atoms with Crippen molar-refractivity contribution < 1.29 is 14.3 Å². The van der Waals surface area contributed by atoms with Crippen LogP contribution in [0.3, 0.4) is 0 Å². The van der Waals surface area contributed by atoms with Crippen molar-refractivity contribution in [3.05, 3.63) is 23.8 Å². The normalized spacial score (nSPS) is 16.5. The highest BCUT2D eigenvalue weighted by molar-refractivity contribution is 5.74. The Hall–Kier alpha value is -1.91. The number of methoxy groups -OCH3 is 2. The quantitative estimate of drug-likeness (QED) is 0.838. The van der Waals surface area contributed by atoms with Crippen LogP contribution in [0.5, 0.6) is 11.5 Å². The first-order valence-electron chi connectivity index (χ1n) is 8.46. The summed E-state index contributed by atoms with van der Waals surface area (Å²) in [6.45, 7) is 2.06. The minimum atomic E-state index is -0.0847. The number of urea groups is 1. The molecule has 0 saturated heterocycles. The Labute approximate surface area is 138 Å². The Balaban J connectivity index is 1.99. The van der Waals surface area contributed by atoms with Gasteiger partial charge in [0.1, 0.15) is 0 Å². The Morgan fingerprint density at radius 3 is 2.48 bits per heavy atom. The van der Waals surface area contributed by atoms with Crippen molar-refractivity contribution in [1.82, 2.24) is 10.6 Å². The van der Waals surface area contributed by atoms with Gasteiger partial charge in [0, 0.05) is 6.04 Å². The zero-order valence-corrected chi connectivity index (χ0v) is 14.4. The summed E-state index contributed by atoms with van der Waals surface area (Å²) in [4.78, 5) is 12.3. The molecule has 0 heterocycles. The molecule has 23 heavy (non-hydrogen) atoms. The number of nitrogens with one attached hydrogen (secondary N) is 2. The van der Waals surface area contributed by atoms with Crippen molar-refractivity contribution in [1.29, 1.82) is 0 Å². The summed E-state index contributed by atoms with van der Waals surface area (Å²) in [5.74, 6) is 1.37. The van der Waals surface area contributed by atoms with Crippen LogP contribution in [0.25, 0.3) is 0 Å². The second-order valence-electron chi connectivity index (χ2n) is 6.03. The Kier molecular flexibility index (Phi) is 6.56. The summed E-state index contributed by atoms with van der Waals surface area (Å²) in [5, 5.41) is 6.17. The van der Waals surface area contributed by atoms with Crippen molar-refractivity contribution in [2.24, 2.45) is 0 Å². The lowest BCUT2D eigenvalue weighted by Crippen LogP contribution is -2.44. The maximum Gasteiger partial charge on any atom is 0.315 e.